The molecular weight excluding hydrogens is 266 g/mol. The molecule has 19 heavy (non-hydrogen) atoms. The fourth-order valence-corrected chi connectivity index (χ4v) is 3.15. The van der Waals surface area contributed by atoms with Gasteiger partial charge in [0.25, 0.3) is 5.56 Å². The van der Waals surface area contributed by atoms with Crippen molar-refractivity contribution in [3.05, 3.63) is 22.7 Å². The SMILES string of the molecule is CCCn1ccnc(N2CCSCC2C(=O)O)c1=O. The molecule has 1 unspecified atom stereocenters. The van der Waals surface area contributed by atoms with Gasteiger partial charge in [-0.25, -0.2) is 9.78 Å². The lowest BCUT2D eigenvalue weighted by atomic mass is 10.2. The third-order valence-corrected chi connectivity index (χ3v) is 4.07. The molecule has 1 fully saturated rings. The number of thioether (sulfide) groups is 1. The van der Waals surface area contributed by atoms with Gasteiger partial charge in [-0.2, -0.15) is 11.8 Å². The van der Waals surface area contributed by atoms with Crippen LogP contribution >= 0.6 is 11.8 Å². The molecule has 2 rings (SSSR count). The predicted molar refractivity (Wildman–Crippen MR) is 74.9 cm³/mol. The van der Waals surface area contributed by atoms with Gasteiger partial charge in [-0.15, -0.1) is 0 Å². The quantitative estimate of drug-likeness (QED) is 0.875. The summed E-state index contributed by atoms with van der Waals surface area (Å²) >= 11 is 1.59. The van der Waals surface area contributed by atoms with E-state index in [0.717, 1.165) is 12.2 Å². The van der Waals surface area contributed by atoms with Crippen LogP contribution in [0, 0.1) is 0 Å². The molecule has 2 heterocycles. The van der Waals surface area contributed by atoms with Crippen LogP contribution < -0.4 is 10.5 Å². The van der Waals surface area contributed by atoms with E-state index in [1.807, 2.05) is 6.92 Å². The summed E-state index contributed by atoms with van der Waals surface area (Å²) in [6.45, 7) is 3.15. The largest absolute Gasteiger partial charge is 0.480 e. The van der Waals surface area contributed by atoms with Crippen molar-refractivity contribution >= 4 is 23.5 Å². The number of hydrogen-bond acceptors (Lipinski definition) is 5. The topological polar surface area (TPSA) is 75.4 Å². The Balaban J connectivity index is 2.36. The summed E-state index contributed by atoms with van der Waals surface area (Å²) in [6.07, 6.45) is 4.05. The number of aliphatic carboxylic acids is 1. The van der Waals surface area contributed by atoms with Crippen molar-refractivity contribution in [3.63, 3.8) is 0 Å². The van der Waals surface area contributed by atoms with E-state index in [0.29, 0.717) is 18.8 Å². The molecule has 1 N–H and O–H groups in total. The molecule has 0 aromatic carbocycles. The Bertz CT molecular complexity index is 517. The first-order valence-electron chi connectivity index (χ1n) is 6.27. The molecule has 0 aliphatic carbocycles. The third kappa shape index (κ3) is 2.91. The average molecular weight is 283 g/mol. The van der Waals surface area contributed by atoms with Crippen molar-refractivity contribution in [3.8, 4) is 0 Å². The molecule has 0 radical (unpaired) electrons. The van der Waals surface area contributed by atoms with Crippen molar-refractivity contribution in [2.75, 3.05) is 23.0 Å². The van der Waals surface area contributed by atoms with Gasteiger partial charge in [-0.05, 0) is 6.42 Å². The van der Waals surface area contributed by atoms with Gasteiger partial charge in [0.2, 0.25) is 0 Å². The van der Waals surface area contributed by atoms with Crippen LogP contribution in [0.1, 0.15) is 13.3 Å². The normalized spacial score (nSPS) is 19.4. The monoisotopic (exact) mass is 283 g/mol. The molecule has 0 bridgehead atoms. The number of carboxylic acid groups (broad SMARTS) is 1. The Morgan fingerprint density at radius 1 is 1.63 bits per heavy atom. The van der Waals surface area contributed by atoms with E-state index in [1.54, 1.807) is 33.6 Å². The highest BCUT2D eigenvalue weighted by Gasteiger charge is 2.31. The zero-order valence-electron chi connectivity index (χ0n) is 10.8. The van der Waals surface area contributed by atoms with Gasteiger partial charge >= 0.3 is 5.97 Å². The van der Waals surface area contributed by atoms with Crippen LogP contribution in [0.3, 0.4) is 0 Å². The van der Waals surface area contributed by atoms with Gasteiger partial charge in [0.05, 0.1) is 0 Å². The number of rotatable bonds is 4. The lowest BCUT2D eigenvalue weighted by Gasteiger charge is -2.33. The number of anilines is 1. The number of carboxylic acids is 1. The molecule has 0 amide bonds. The van der Waals surface area contributed by atoms with Gasteiger partial charge in [-0.1, -0.05) is 6.92 Å². The maximum Gasteiger partial charge on any atom is 0.327 e. The van der Waals surface area contributed by atoms with E-state index < -0.39 is 12.0 Å². The molecule has 1 aliphatic rings. The van der Waals surface area contributed by atoms with Crippen LogP contribution in [-0.4, -0.2) is 44.7 Å². The Labute approximate surface area is 115 Å². The smallest absolute Gasteiger partial charge is 0.327 e. The predicted octanol–water partition coefficient (Wildman–Crippen LogP) is 0.660. The second-order valence-electron chi connectivity index (χ2n) is 4.37. The minimum atomic E-state index is -0.903. The van der Waals surface area contributed by atoms with Crippen molar-refractivity contribution in [1.82, 2.24) is 9.55 Å². The Kier molecular flexibility index (Phi) is 4.47. The van der Waals surface area contributed by atoms with Crippen LogP contribution in [-0.2, 0) is 11.3 Å². The number of carbonyl (C=O) groups is 1. The number of aromatic nitrogens is 2. The Morgan fingerprint density at radius 2 is 2.42 bits per heavy atom. The first-order valence-corrected chi connectivity index (χ1v) is 7.43. The fraction of sp³-hybridized carbons (Fsp3) is 0.583. The van der Waals surface area contributed by atoms with E-state index in [-0.39, 0.29) is 11.4 Å². The molecule has 7 heteroatoms. The second-order valence-corrected chi connectivity index (χ2v) is 5.52. The molecule has 104 valence electrons. The lowest BCUT2D eigenvalue weighted by molar-refractivity contribution is -0.138. The first kappa shape index (κ1) is 13.9. The molecule has 0 saturated carbocycles. The van der Waals surface area contributed by atoms with Gasteiger partial charge < -0.3 is 14.6 Å². The van der Waals surface area contributed by atoms with Crippen LogP contribution in [0.2, 0.25) is 0 Å². The summed E-state index contributed by atoms with van der Waals surface area (Å²) in [6, 6.07) is -0.670. The van der Waals surface area contributed by atoms with E-state index in [1.165, 1.54) is 0 Å². The number of nitrogens with zero attached hydrogens (tertiary/aromatic N) is 3. The molecule has 1 aromatic heterocycles. The number of aryl methyl sites for hydroxylation is 1. The van der Waals surface area contributed by atoms with E-state index >= 15 is 0 Å². The van der Waals surface area contributed by atoms with Crippen molar-refractivity contribution in [2.45, 2.75) is 25.9 Å². The Hall–Kier alpha value is -1.50. The van der Waals surface area contributed by atoms with Crippen molar-refractivity contribution in [2.24, 2.45) is 0 Å². The standard InChI is InChI=1S/C12H17N3O3S/c1-2-4-14-5-3-13-10(11(14)16)15-6-7-19-8-9(15)12(17)18/h3,5,9H,2,4,6-8H2,1H3,(H,17,18). The van der Waals surface area contributed by atoms with Crippen molar-refractivity contribution < 1.29 is 9.90 Å². The highest BCUT2D eigenvalue weighted by Crippen LogP contribution is 2.20. The number of hydrogen-bond donors (Lipinski definition) is 1. The van der Waals surface area contributed by atoms with Gasteiger partial charge in [0.1, 0.15) is 6.04 Å². The summed E-state index contributed by atoms with van der Waals surface area (Å²) in [7, 11) is 0. The Morgan fingerprint density at radius 3 is 3.11 bits per heavy atom. The summed E-state index contributed by atoms with van der Waals surface area (Å²) in [5.41, 5.74) is -0.206. The molecule has 0 spiro atoms. The summed E-state index contributed by atoms with van der Waals surface area (Å²) in [4.78, 5) is 29.3. The summed E-state index contributed by atoms with van der Waals surface area (Å²) in [5, 5.41) is 9.24. The van der Waals surface area contributed by atoms with Crippen LogP contribution in [0.5, 0.6) is 0 Å². The molecule has 1 saturated heterocycles. The lowest BCUT2D eigenvalue weighted by Crippen LogP contribution is -2.50. The third-order valence-electron chi connectivity index (χ3n) is 3.05. The summed E-state index contributed by atoms with van der Waals surface area (Å²) < 4.78 is 1.59. The van der Waals surface area contributed by atoms with E-state index in [9.17, 15) is 14.7 Å². The second kappa shape index (κ2) is 6.10. The molecule has 1 aromatic rings. The maximum atomic E-state index is 12.3. The molecule has 1 aliphatic heterocycles. The fourth-order valence-electron chi connectivity index (χ4n) is 2.11. The summed E-state index contributed by atoms with van der Waals surface area (Å²) in [5.74, 6) is 0.648. The maximum absolute atomic E-state index is 12.3. The van der Waals surface area contributed by atoms with Crippen molar-refractivity contribution in [1.29, 1.82) is 0 Å². The van der Waals surface area contributed by atoms with E-state index in [4.69, 9.17) is 0 Å². The minimum Gasteiger partial charge on any atom is -0.480 e. The first-order chi connectivity index (χ1) is 9.15. The minimum absolute atomic E-state index is 0.206. The van der Waals surface area contributed by atoms with Crippen LogP contribution in [0.4, 0.5) is 5.82 Å². The molecular formula is C12H17N3O3S. The van der Waals surface area contributed by atoms with Gasteiger partial charge in [0, 0.05) is 37.0 Å². The van der Waals surface area contributed by atoms with E-state index in [2.05, 4.69) is 4.98 Å². The molecule has 1 atom stereocenters. The zero-order chi connectivity index (χ0) is 13.8. The highest BCUT2D eigenvalue weighted by atomic mass is 32.2. The van der Waals surface area contributed by atoms with Gasteiger partial charge in [0.15, 0.2) is 5.82 Å². The van der Waals surface area contributed by atoms with Crippen LogP contribution in [0.25, 0.3) is 0 Å². The van der Waals surface area contributed by atoms with Gasteiger partial charge in [-0.3, -0.25) is 4.79 Å². The molecule has 6 nitrogen and oxygen atoms in total. The average Bonchev–Trinajstić information content (AvgIpc) is 2.41. The zero-order valence-corrected chi connectivity index (χ0v) is 11.6. The van der Waals surface area contributed by atoms with Crippen LogP contribution in [0.15, 0.2) is 17.2 Å². The highest BCUT2D eigenvalue weighted by molar-refractivity contribution is 7.99.